The summed E-state index contributed by atoms with van der Waals surface area (Å²) in [5, 5.41) is 1.86. The summed E-state index contributed by atoms with van der Waals surface area (Å²) in [6.07, 6.45) is 2.57. The molecule has 4 rings (SSSR count). The van der Waals surface area contributed by atoms with Gasteiger partial charge in [-0.3, -0.25) is 9.59 Å². The Balaban J connectivity index is 1.66. The third-order valence-corrected chi connectivity index (χ3v) is 6.52. The Morgan fingerprint density at radius 3 is 2.26 bits per heavy atom. The van der Waals surface area contributed by atoms with Gasteiger partial charge in [0.2, 0.25) is 11.8 Å². The highest BCUT2D eigenvalue weighted by Gasteiger charge is 2.27. The zero-order valence-electron chi connectivity index (χ0n) is 18.1. The Hall–Kier alpha value is -2.79. The third-order valence-electron chi connectivity index (χ3n) is 6.26. The molecule has 2 amide bonds. The van der Waals surface area contributed by atoms with Crippen molar-refractivity contribution in [1.82, 2.24) is 14.4 Å². The van der Waals surface area contributed by atoms with Gasteiger partial charge in [0, 0.05) is 74.1 Å². The van der Waals surface area contributed by atoms with Gasteiger partial charge in [-0.25, -0.2) is 0 Å². The summed E-state index contributed by atoms with van der Waals surface area (Å²) < 4.78 is 2.24. The molecule has 2 heterocycles. The smallest absolute Gasteiger partial charge is 0.223 e. The highest BCUT2D eigenvalue weighted by Crippen LogP contribution is 2.35. The van der Waals surface area contributed by atoms with Crippen LogP contribution in [0.5, 0.6) is 0 Å². The van der Waals surface area contributed by atoms with Gasteiger partial charge in [0.25, 0.3) is 0 Å². The summed E-state index contributed by atoms with van der Waals surface area (Å²) in [6, 6.07) is 16.2. The number of carbonyl (C=O) groups excluding carboxylic acids is 2. The van der Waals surface area contributed by atoms with Crippen molar-refractivity contribution in [3.05, 3.63) is 70.9 Å². The van der Waals surface area contributed by atoms with Crippen LogP contribution in [-0.2, 0) is 16.1 Å². The van der Waals surface area contributed by atoms with E-state index in [4.69, 9.17) is 11.6 Å². The van der Waals surface area contributed by atoms with Crippen molar-refractivity contribution in [3.63, 3.8) is 0 Å². The second-order valence-corrected chi connectivity index (χ2v) is 8.52. The summed E-state index contributed by atoms with van der Waals surface area (Å²) in [6.45, 7) is 6.95. The molecule has 3 aromatic rings. The summed E-state index contributed by atoms with van der Waals surface area (Å²) in [7, 11) is 0. The first-order chi connectivity index (χ1) is 15.0. The second-order valence-electron chi connectivity index (χ2n) is 8.08. The number of aryl methyl sites for hydroxylation is 1. The molecule has 1 aliphatic rings. The molecule has 0 spiro atoms. The normalized spacial score (nSPS) is 15.3. The molecule has 1 fully saturated rings. The molecule has 0 saturated carbocycles. The molecule has 1 unspecified atom stereocenters. The van der Waals surface area contributed by atoms with Crippen molar-refractivity contribution in [2.24, 2.45) is 0 Å². The maximum absolute atomic E-state index is 13.3. The van der Waals surface area contributed by atoms with E-state index >= 15 is 0 Å². The van der Waals surface area contributed by atoms with Crippen molar-refractivity contribution in [2.75, 3.05) is 26.2 Å². The molecule has 2 aromatic carbocycles. The highest BCUT2D eigenvalue weighted by atomic mass is 35.5. The van der Waals surface area contributed by atoms with E-state index in [2.05, 4.69) is 35.9 Å². The Kier molecular flexibility index (Phi) is 6.33. The minimum absolute atomic E-state index is 0.0618. The molecule has 0 radical (unpaired) electrons. The lowest BCUT2D eigenvalue weighted by Crippen LogP contribution is -2.50. The average Bonchev–Trinajstić information content (AvgIpc) is 3.17. The molecule has 1 atom stereocenters. The standard InChI is InChI=1S/C25H28ClN3O2/c1-3-27-17-23(21-6-4-5-7-24(21)27)22(19-8-10-20(26)11-9-19)16-25(31)29-14-12-28(13-15-29)18(2)30/h4-11,17,22H,3,12-16H2,1-2H3. The lowest BCUT2D eigenvalue weighted by molar-refractivity contribution is -0.138. The predicted octanol–water partition coefficient (Wildman–Crippen LogP) is 4.53. The molecule has 0 bridgehead atoms. The predicted molar refractivity (Wildman–Crippen MR) is 124 cm³/mol. The van der Waals surface area contributed by atoms with E-state index < -0.39 is 0 Å². The van der Waals surface area contributed by atoms with Crippen LogP contribution in [0.25, 0.3) is 10.9 Å². The fourth-order valence-electron chi connectivity index (χ4n) is 4.49. The Morgan fingerprint density at radius 2 is 1.61 bits per heavy atom. The summed E-state index contributed by atoms with van der Waals surface area (Å²) >= 11 is 6.14. The van der Waals surface area contributed by atoms with Gasteiger partial charge in [-0.2, -0.15) is 0 Å². The molecule has 31 heavy (non-hydrogen) atoms. The molecular weight excluding hydrogens is 410 g/mol. The number of halogens is 1. The van der Waals surface area contributed by atoms with Crippen LogP contribution < -0.4 is 0 Å². The number of hydrogen-bond donors (Lipinski definition) is 0. The number of amides is 2. The molecule has 0 aliphatic carbocycles. The van der Waals surface area contributed by atoms with Gasteiger partial charge >= 0.3 is 0 Å². The van der Waals surface area contributed by atoms with Crippen LogP contribution in [-0.4, -0.2) is 52.4 Å². The molecule has 1 aromatic heterocycles. The van der Waals surface area contributed by atoms with Gasteiger partial charge < -0.3 is 14.4 Å². The van der Waals surface area contributed by atoms with Gasteiger partial charge in [0.05, 0.1) is 0 Å². The molecular formula is C25H28ClN3O2. The summed E-state index contributed by atoms with van der Waals surface area (Å²) in [4.78, 5) is 28.6. The number of hydrogen-bond acceptors (Lipinski definition) is 2. The van der Waals surface area contributed by atoms with Crippen LogP contribution in [0.3, 0.4) is 0 Å². The first kappa shape index (κ1) is 21.4. The van der Waals surface area contributed by atoms with Gasteiger partial charge in [-0.05, 0) is 36.2 Å². The zero-order valence-corrected chi connectivity index (χ0v) is 18.8. The largest absolute Gasteiger partial charge is 0.347 e. The number of fused-ring (bicyclic) bond motifs is 1. The van der Waals surface area contributed by atoms with Crippen molar-refractivity contribution in [2.45, 2.75) is 32.7 Å². The lowest BCUT2D eigenvalue weighted by Gasteiger charge is -2.35. The van der Waals surface area contributed by atoms with Gasteiger partial charge in [-0.15, -0.1) is 0 Å². The number of rotatable bonds is 5. The van der Waals surface area contributed by atoms with Gasteiger partial charge in [-0.1, -0.05) is 41.9 Å². The zero-order chi connectivity index (χ0) is 22.0. The van der Waals surface area contributed by atoms with Crippen molar-refractivity contribution in [1.29, 1.82) is 0 Å². The quantitative estimate of drug-likeness (QED) is 0.588. The number of aromatic nitrogens is 1. The molecule has 162 valence electrons. The number of benzene rings is 2. The number of piperazine rings is 1. The first-order valence-electron chi connectivity index (χ1n) is 10.8. The topological polar surface area (TPSA) is 45.6 Å². The fourth-order valence-corrected chi connectivity index (χ4v) is 4.62. The van der Waals surface area contributed by atoms with Crippen LogP contribution in [0.2, 0.25) is 5.02 Å². The molecule has 1 aliphatic heterocycles. The number of nitrogens with zero attached hydrogens (tertiary/aromatic N) is 3. The van der Waals surface area contributed by atoms with Crippen molar-refractivity contribution in [3.8, 4) is 0 Å². The van der Waals surface area contributed by atoms with E-state index in [1.54, 1.807) is 11.8 Å². The molecule has 1 saturated heterocycles. The average molecular weight is 438 g/mol. The van der Waals surface area contributed by atoms with E-state index in [-0.39, 0.29) is 17.7 Å². The van der Waals surface area contributed by atoms with E-state index in [9.17, 15) is 9.59 Å². The summed E-state index contributed by atoms with van der Waals surface area (Å²) in [5.41, 5.74) is 3.43. The van der Waals surface area contributed by atoms with Crippen molar-refractivity contribution >= 4 is 34.3 Å². The van der Waals surface area contributed by atoms with Gasteiger partial charge in [0.1, 0.15) is 0 Å². The van der Waals surface area contributed by atoms with Crippen LogP contribution >= 0.6 is 11.6 Å². The van der Waals surface area contributed by atoms with Crippen LogP contribution in [0.4, 0.5) is 0 Å². The monoisotopic (exact) mass is 437 g/mol. The summed E-state index contributed by atoms with van der Waals surface area (Å²) in [5.74, 6) is 0.128. The number of para-hydroxylation sites is 1. The van der Waals surface area contributed by atoms with E-state index in [0.29, 0.717) is 37.6 Å². The Bertz CT molecular complexity index is 1080. The van der Waals surface area contributed by atoms with E-state index in [1.165, 1.54) is 10.9 Å². The Morgan fingerprint density at radius 1 is 0.968 bits per heavy atom. The Labute approximate surface area is 188 Å². The second kappa shape index (κ2) is 9.15. The lowest BCUT2D eigenvalue weighted by atomic mass is 9.87. The van der Waals surface area contributed by atoms with Crippen LogP contribution in [0, 0.1) is 0 Å². The van der Waals surface area contributed by atoms with Crippen LogP contribution in [0.15, 0.2) is 54.7 Å². The highest BCUT2D eigenvalue weighted by molar-refractivity contribution is 6.30. The van der Waals surface area contributed by atoms with Crippen molar-refractivity contribution < 1.29 is 9.59 Å². The minimum atomic E-state index is -0.0618. The SMILES string of the molecule is CCn1cc(C(CC(=O)N2CCN(C(C)=O)CC2)c2ccc(Cl)cc2)c2ccccc21. The maximum Gasteiger partial charge on any atom is 0.223 e. The molecule has 6 heteroatoms. The molecule has 0 N–H and O–H groups in total. The number of carbonyl (C=O) groups is 2. The van der Waals surface area contributed by atoms with Crippen LogP contribution in [0.1, 0.15) is 37.3 Å². The third kappa shape index (κ3) is 4.47. The minimum Gasteiger partial charge on any atom is -0.347 e. The van der Waals surface area contributed by atoms with Gasteiger partial charge in [0.15, 0.2) is 0 Å². The fraction of sp³-hybridized carbons (Fsp3) is 0.360. The first-order valence-corrected chi connectivity index (χ1v) is 11.2. The maximum atomic E-state index is 13.3. The molecule has 5 nitrogen and oxygen atoms in total. The van der Waals surface area contributed by atoms with E-state index in [0.717, 1.165) is 17.7 Å². The van der Waals surface area contributed by atoms with E-state index in [1.807, 2.05) is 35.2 Å².